The minimum Gasteiger partial charge on any atom is -0.453 e. The van der Waals surface area contributed by atoms with E-state index in [9.17, 15) is 27.2 Å². The van der Waals surface area contributed by atoms with Gasteiger partial charge in [-0.15, -0.1) is 0 Å². The molecule has 0 unspecified atom stereocenters. The molecule has 13 heteroatoms. The fourth-order valence-electron chi connectivity index (χ4n) is 3.58. The Morgan fingerprint density at radius 1 is 1.05 bits per heavy atom. The SMILES string of the molecule is O=C(Nc1ccc(Oc2ccnc3[nH]ccc23)c(F)c1)c1nn(-c2ccc(Cl)c(C(F)(F)F)c2)ccc1=O. The van der Waals surface area contributed by atoms with Crippen LogP contribution in [0.15, 0.2) is 78.0 Å². The van der Waals surface area contributed by atoms with Crippen LogP contribution in [-0.4, -0.2) is 25.7 Å². The van der Waals surface area contributed by atoms with Gasteiger partial charge in [0.1, 0.15) is 11.4 Å². The van der Waals surface area contributed by atoms with Gasteiger partial charge < -0.3 is 15.0 Å². The first-order valence-corrected chi connectivity index (χ1v) is 11.2. The first-order chi connectivity index (χ1) is 18.1. The Morgan fingerprint density at radius 2 is 1.87 bits per heavy atom. The highest BCUT2D eigenvalue weighted by atomic mass is 35.5. The number of hydrogen-bond donors (Lipinski definition) is 2. The summed E-state index contributed by atoms with van der Waals surface area (Å²) in [6, 6.07) is 10.9. The lowest BCUT2D eigenvalue weighted by atomic mass is 10.2. The molecule has 3 heterocycles. The molecule has 0 aliphatic rings. The Kier molecular flexibility index (Phi) is 6.33. The Bertz CT molecular complexity index is 1750. The average Bonchev–Trinajstić information content (AvgIpc) is 3.35. The summed E-state index contributed by atoms with van der Waals surface area (Å²) in [6.07, 6.45) is -0.465. The molecule has 8 nitrogen and oxygen atoms in total. The number of aromatic nitrogens is 4. The van der Waals surface area contributed by atoms with Crippen molar-refractivity contribution in [1.29, 1.82) is 0 Å². The van der Waals surface area contributed by atoms with E-state index >= 15 is 0 Å². The molecule has 192 valence electrons. The second-order valence-corrected chi connectivity index (χ2v) is 8.29. The van der Waals surface area contributed by atoms with Gasteiger partial charge in [0.05, 0.1) is 21.7 Å². The molecule has 0 radical (unpaired) electrons. The van der Waals surface area contributed by atoms with Crippen molar-refractivity contribution in [2.45, 2.75) is 6.18 Å². The molecule has 0 spiro atoms. The molecule has 2 N–H and O–H groups in total. The van der Waals surface area contributed by atoms with Crippen molar-refractivity contribution in [1.82, 2.24) is 19.7 Å². The van der Waals surface area contributed by atoms with Gasteiger partial charge in [-0.2, -0.15) is 18.3 Å². The third kappa shape index (κ3) is 4.93. The lowest BCUT2D eigenvalue weighted by molar-refractivity contribution is -0.137. The van der Waals surface area contributed by atoms with Crippen LogP contribution < -0.4 is 15.5 Å². The van der Waals surface area contributed by atoms with E-state index in [2.05, 4.69) is 20.4 Å². The minimum atomic E-state index is -4.72. The number of anilines is 1. The summed E-state index contributed by atoms with van der Waals surface area (Å²) in [5.74, 6) is -1.56. The second kappa shape index (κ2) is 9.63. The fraction of sp³-hybridized carbons (Fsp3) is 0.0400. The maximum absolute atomic E-state index is 14.8. The largest absolute Gasteiger partial charge is 0.453 e. The monoisotopic (exact) mass is 543 g/mol. The highest BCUT2D eigenvalue weighted by Gasteiger charge is 2.33. The van der Waals surface area contributed by atoms with Gasteiger partial charge >= 0.3 is 6.18 Å². The first kappa shape index (κ1) is 25.0. The van der Waals surface area contributed by atoms with Crippen molar-refractivity contribution >= 4 is 34.2 Å². The van der Waals surface area contributed by atoms with Crippen molar-refractivity contribution < 1.29 is 27.1 Å². The number of fused-ring (bicyclic) bond motifs is 1. The summed E-state index contributed by atoms with van der Waals surface area (Å²) < 4.78 is 61.0. The van der Waals surface area contributed by atoms with Gasteiger partial charge in [0.25, 0.3) is 5.91 Å². The molecule has 3 aromatic heterocycles. The Labute approximate surface area is 215 Å². The Morgan fingerprint density at radius 3 is 2.63 bits per heavy atom. The summed E-state index contributed by atoms with van der Waals surface area (Å²) in [5, 5.41) is 6.34. The minimum absolute atomic E-state index is 0.0103. The number of halogens is 5. The molecule has 5 rings (SSSR count). The molecule has 0 bridgehead atoms. The number of alkyl halides is 3. The van der Waals surface area contributed by atoms with E-state index in [1.165, 1.54) is 24.4 Å². The van der Waals surface area contributed by atoms with E-state index in [0.717, 1.165) is 35.1 Å². The maximum atomic E-state index is 14.8. The Hall–Kier alpha value is -4.71. The van der Waals surface area contributed by atoms with Crippen molar-refractivity contribution in [2.75, 3.05) is 5.32 Å². The number of H-pyrrole nitrogens is 1. The van der Waals surface area contributed by atoms with E-state index in [-0.39, 0.29) is 17.1 Å². The Balaban J connectivity index is 1.38. The predicted octanol–water partition coefficient (Wildman–Crippen LogP) is 5.96. The van der Waals surface area contributed by atoms with Gasteiger partial charge in [0.15, 0.2) is 17.3 Å². The number of nitrogens with zero attached hydrogens (tertiary/aromatic N) is 3. The number of hydrogen-bond acceptors (Lipinski definition) is 5. The lowest BCUT2D eigenvalue weighted by Gasteiger charge is -2.13. The quantitative estimate of drug-likeness (QED) is 0.266. The number of amides is 1. The van der Waals surface area contributed by atoms with E-state index in [1.807, 2.05) is 0 Å². The summed E-state index contributed by atoms with van der Waals surface area (Å²) in [5.41, 5.74) is -2.06. The molecule has 0 atom stereocenters. The number of ether oxygens (including phenoxy) is 1. The van der Waals surface area contributed by atoms with Crippen LogP contribution in [0.25, 0.3) is 16.7 Å². The smallest absolute Gasteiger partial charge is 0.417 e. The molecule has 0 aliphatic carbocycles. The summed E-state index contributed by atoms with van der Waals surface area (Å²) in [7, 11) is 0. The molecule has 0 fully saturated rings. The van der Waals surface area contributed by atoms with Crippen LogP contribution in [0, 0.1) is 5.82 Å². The number of carbonyl (C=O) groups is 1. The molecule has 5 aromatic rings. The van der Waals surface area contributed by atoms with E-state index in [1.54, 1.807) is 18.3 Å². The van der Waals surface area contributed by atoms with Crippen LogP contribution in [0.5, 0.6) is 11.5 Å². The fourth-order valence-corrected chi connectivity index (χ4v) is 3.80. The van der Waals surface area contributed by atoms with Crippen LogP contribution in [-0.2, 0) is 6.18 Å². The number of carbonyl (C=O) groups excluding carboxylic acids is 1. The van der Waals surface area contributed by atoms with E-state index < -0.39 is 39.6 Å². The molecule has 0 aliphatic heterocycles. The standard InChI is InChI=1S/C25H14ClF4N5O3/c26-17-3-2-14(12-16(17)25(28,29)30)35-10-7-19(36)22(34-35)24(37)33-13-1-4-21(18(27)11-13)38-20-6-9-32-23-15(20)5-8-31-23/h1-12H,(H,31,32)(H,33,37). The normalized spacial score (nSPS) is 11.5. The van der Waals surface area contributed by atoms with Gasteiger partial charge in [-0.05, 0) is 42.5 Å². The molecular formula is C25H14ClF4N5O3. The molecule has 0 saturated heterocycles. The molecule has 2 aromatic carbocycles. The van der Waals surface area contributed by atoms with Crippen LogP contribution in [0.4, 0.5) is 23.2 Å². The third-order valence-corrected chi connectivity index (χ3v) is 5.70. The van der Waals surface area contributed by atoms with Gasteiger partial charge in [-0.25, -0.2) is 14.1 Å². The van der Waals surface area contributed by atoms with Crippen LogP contribution in [0.3, 0.4) is 0 Å². The van der Waals surface area contributed by atoms with Crippen molar-refractivity contribution in [3.63, 3.8) is 0 Å². The lowest BCUT2D eigenvalue weighted by Crippen LogP contribution is -2.25. The highest BCUT2D eigenvalue weighted by Crippen LogP contribution is 2.36. The van der Waals surface area contributed by atoms with Crippen LogP contribution in [0.2, 0.25) is 5.02 Å². The number of pyridine rings is 1. The summed E-state index contributed by atoms with van der Waals surface area (Å²) >= 11 is 5.65. The van der Waals surface area contributed by atoms with E-state index in [0.29, 0.717) is 16.8 Å². The maximum Gasteiger partial charge on any atom is 0.417 e. The number of aromatic amines is 1. The van der Waals surface area contributed by atoms with Crippen LogP contribution >= 0.6 is 11.6 Å². The number of benzene rings is 2. The van der Waals surface area contributed by atoms with E-state index in [4.69, 9.17) is 16.3 Å². The molecule has 38 heavy (non-hydrogen) atoms. The summed E-state index contributed by atoms with van der Waals surface area (Å²) in [4.78, 5) is 32.1. The van der Waals surface area contributed by atoms with Crippen molar-refractivity contribution in [3.8, 4) is 17.2 Å². The molecule has 0 saturated carbocycles. The van der Waals surface area contributed by atoms with Gasteiger partial charge in [-0.3, -0.25) is 9.59 Å². The zero-order valence-corrected chi connectivity index (χ0v) is 19.6. The average molecular weight is 544 g/mol. The molecule has 1 amide bonds. The van der Waals surface area contributed by atoms with Gasteiger partial charge in [-0.1, -0.05) is 11.6 Å². The highest BCUT2D eigenvalue weighted by molar-refractivity contribution is 6.31. The van der Waals surface area contributed by atoms with Crippen molar-refractivity contribution in [2.24, 2.45) is 0 Å². The topological polar surface area (TPSA) is 102 Å². The number of rotatable bonds is 5. The molecular weight excluding hydrogens is 530 g/mol. The van der Waals surface area contributed by atoms with Crippen molar-refractivity contribution in [3.05, 3.63) is 106 Å². The zero-order chi connectivity index (χ0) is 27.0. The predicted molar refractivity (Wildman–Crippen MR) is 130 cm³/mol. The third-order valence-electron chi connectivity index (χ3n) is 5.37. The second-order valence-electron chi connectivity index (χ2n) is 7.89. The van der Waals surface area contributed by atoms with Gasteiger partial charge in [0, 0.05) is 36.4 Å². The van der Waals surface area contributed by atoms with Gasteiger partial charge in [0.2, 0.25) is 5.43 Å². The van der Waals surface area contributed by atoms with Crippen LogP contribution in [0.1, 0.15) is 16.1 Å². The summed E-state index contributed by atoms with van der Waals surface area (Å²) in [6.45, 7) is 0. The first-order valence-electron chi connectivity index (χ1n) is 10.8. The number of nitrogens with one attached hydrogen (secondary N) is 2. The zero-order valence-electron chi connectivity index (χ0n) is 18.9.